The van der Waals surface area contributed by atoms with E-state index in [0.717, 1.165) is 50.2 Å². The lowest BCUT2D eigenvalue weighted by atomic mass is 9.72. The molecule has 33 heavy (non-hydrogen) atoms. The SMILES string of the molecule is Cc1nc2ccccc2n1CC1(c2ccccc2)CCN(C(=O)CCc2ccccc2)CC1. The molecule has 1 aromatic heterocycles. The maximum atomic E-state index is 13.0. The van der Waals surface area contributed by atoms with Crippen LogP contribution in [0.15, 0.2) is 84.9 Å². The molecule has 0 bridgehead atoms. The zero-order valence-corrected chi connectivity index (χ0v) is 19.3. The van der Waals surface area contributed by atoms with E-state index in [0.29, 0.717) is 6.42 Å². The third kappa shape index (κ3) is 4.43. The zero-order chi connectivity index (χ0) is 22.7. The Morgan fingerprint density at radius 3 is 2.24 bits per heavy atom. The van der Waals surface area contributed by atoms with E-state index in [1.54, 1.807) is 0 Å². The van der Waals surface area contributed by atoms with E-state index in [1.165, 1.54) is 16.6 Å². The van der Waals surface area contributed by atoms with Gasteiger partial charge < -0.3 is 9.47 Å². The Balaban J connectivity index is 1.35. The van der Waals surface area contributed by atoms with Gasteiger partial charge in [-0.15, -0.1) is 0 Å². The smallest absolute Gasteiger partial charge is 0.222 e. The molecule has 0 spiro atoms. The summed E-state index contributed by atoms with van der Waals surface area (Å²) in [6, 6.07) is 29.5. The predicted molar refractivity (Wildman–Crippen MR) is 133 cm³/mol. The molecule has 5 rings (SSSR count). The van der Waals surface area contributed by atoms with Crippen molar-refractivity contribution >= 4 is 16.9 Å². The number of benzene rings is 3. The molecular weight excluding hydrogens is 406 g/mol. The normalized spacial score (nSPS) is 15.6. The molecule has 0 atom stereocenters. The molecule has 1 amide bonds. The Labute approximate surface area is 195 Å². The van der Waals surface area contributed by atoms with Crippen LogP contribution in [0.4, 0.5) is 0 Å². The van der Waals surface area contributed by atoms with Gasteiger partial charge in [0.25, 0.3) is 0 Å². The number of amides is 1. The van der Waals surface area contributed by atoms with Crippen molar-refractivity contribution in [3.05, 3.63) is 102 Å². The van der Waals surface area contributed by atoms with Gasteiger partial charge in [0.05, 0.1) is 11.0 Å². The number of likely N-dealkylation sites (tertiary alicyclic amines) is 1. The molecule has 0 unspecified atom stereocenters. The summed E-state index contributed by atoms with van der Waals surface area (Å²) in [5.74, 6) is 1.32. The molecule has 168 valence electrons. The molecule has 1 aliphatic rings. The van der Waals surface area contributed by atoms with Crippen molar-refractivity contribution in [2.24, 2.45) is 0 Å². The molecule has 0 saturated carbocycles. The third-order valence-electron chi connectivity index (χ3n) is 7.24. The number of aryl methyl sites for hydroxylation is 2. The number of hydrogen-bond donors (Lipinski definition) is 0. The van der Waals surface area contributed by atoms with Gasteiger partial charge in [0.1, 0.15) is 5.82 Å². The van der Waals surface area contributed by atoms with Gasteiger partial charge in [-0.05, 0) is 49.4 Å². The highest BCUT2D eigenvalue weighted by atomic mass is 16.2. The fraction of sp³-hybridized carbons (Fsp3) is 0.310. The monoisotopic (exact) mass is 437 g/mol. The van der Waals surface area contributed by atoms with Crippen molar-refractivity contribution in [2.45, 2.75) is 44.6 Å². The molecule has 4 nitrogen and oxygen atoms in total. The van der Waals surface area contributed by atoms with Crippen LogP contribution < -0.4 is 0 Å². The van der Waals surface area contributed by atoms with Crippen LogP contribution >= 0.6 is 0 Å². The first-order chi connectivity index (χ1) is 16.1. The molecule has 1 saturated heterocycles. The van der Waals surface area contributed by atoms with Crippen LogP contribution in [0.5, 0.6) is 0 Å². The van der Waals surface area contributed by atoms with Crippen molar-refractivity contribution in [1.82, 2.24) is 14.5 Å². The van der Waals surface area contributed by atoms with Crippen LogP contribution in [-0.2, 0) is 23.2 Å². The number of carbonyl (C=O) groups is 1. The Bertz CT molecular complexity index is 1220. The number of fused-ring (bicyclic) bond motifs is 1. The topological polar surface area (TPSA) is 38.1 Å². The highest BCUT2D eigenvalue weighted by molar-refractivity contribution is 5.77. The number of rotatable bonds is 6. The average Bonchev–Trinajstić information content (AvgIpc) is 3.19. The molecular formula is C29H31N3O. The van der Waals surface area contributed by atoms with E-state index in [9.17, 15) is 4.79 Å². The molecule has 1 aliphatic heterocycles. The fourth-order valence-electron chi connectivity index (χ4n) is 5.27. The van der Waals surface area contributed by atoms with E-state index in [2.05, 4.69) is 77.1 Å². The molecule has 4 heteroatoms. The van der Waals surface area contributed by atoms with Crippen LogP contribution in [0.1, 0.15) is 36.2 Å². The Kier molecular flexibility index (Phi) is 5.99. The van der Waals surface area contributed by atoms with Crippen molar-refractivity contribution in [3.63, 3.8) is 0 Å². The van der Waals surface area contributed by atoms with Gasteiger partial charge in [-0.3, -0.25) is 4.79 Å². The lowest BCUT2D eigenvalue weighted by Crippen LogP contribution is -2.47. The summed E-state index contributed by atoms with van der Waals surface area (Å²) < 4.78 is 2.37. The van der Waals surface area contributed by atoms with Gasteiger partial charge in [-0.2, -0.15) is 0 Å². The molecule has 4 aromatic rings. The average molecular weight is 438 g/mol. The van der Waals surface area contributed by atoms with Gasteiger partial charge in [0, 0.05) is 31.5 Å². The van der Waals surface area contributed by atoms with Gasteiger partial charge in [-0.25, -0.2) is 4.98 Å². The second kappa shape index (κ2) is 9.22. The van der Waals surface area contributed by atoms with Gasteiger partial charge in [-0.1, -0.05) is 72.8 Å². The lowest BCUT2D eigenvalue weighted by molar-refractivity contribution is -0.132. The number of aromatic nitrogens is 2. The molecule has 0 aliphatic carbocycles. The first-order valence-electron chi connectivity index (χ1n) is 11.9. The van der Waals surface area contributed by atoms with E-state index in [4.69, 9.17) is 4.98 Å². The van der Waals surface area contributed by atoms with Gasteiger partial charge in [0.15, 0.2) is 0 Å². The second-order valence-corrected chi connectivity index (χ2v) is 9.25. The first kappa shape index (κ1) is 21.4. The van der Waals surface area contributed by atoms with Crippen LogP contribution in [0.25, 0.3) is 11.0 Å². The molecule has 0 radical (unpaired) electrons. The van der Waals surface area contributed by atoms with Crippen molar-refractivity contribution < 1.29 is 4.79 Å². The summed E-state index contributed by atoms with van der Waals surface area (Å²) in [5.41, 5.74) is 4.81. The highest BCUT2D eigenvalue weighted by Crippen LogP contribution is 2.38. The standard InChI is InChI=1S/C29H31N3O/c1-23-30-26-14-8-9-15-27(26)32(23)22-29(25-12-6-3-7-13-25)18-20-31(21-19-29)28(33)17-16-24-10-4-2-5-11-24/h2-15H,16-22H2,1H3. The summed E-state index contributed by atoms with van der Waals surface area (Å²) >= 11 is 0. The Morgan fingerprint density at radius 2 is 1.52 bits per heavy atom. The van der Waals surface area contributed by atoms with E-state index >= 15 is 0 Å². The molecule has 2 heterocycles. The van der Waals surface area contributed by atoms with E-state index in [-0.39, 0.29) is 11.3 Å². The molecule has 3 aromatic carbocycles. The third-order valence-corrected chi connectivity index (χ3v) is 7.24. The summed E-state index contributed by atoms with van der Waals surface area (Å²) in [7, 11) is 0. The largest absolute Gasteiger partial charge is 0.343 e. The summed E-state index contributed by atoms with van der Waals surface area (Å²) in [5, 5.41) is 0. The fourth-order valence-corrected chi connectivity index (χ4v) is 5.27. The van der Waals surface area contributed by atoms with Crippen LogP contribution in [0, 0.1) is 6.92 Å². The minimum Gasteiger partial charge on any atom is -0.343 e. The number of piperidine rings is 1. The number of hydrogen-bond acceptors (Lipinski definition) is 2. The summed E-state index contributed by atoms with van der Waals surface area (Å²) in [4.78, 5) is 19.8. The zero-order valence-electron chi connectivity index (χ0n) is 19.3. The number of carbonyl (C=O) groups excluding carboxylic acids is 1. The predicted octanol–water partition coefficient (Wildman–Crippen LogP) is 5.54. The Morgan fingerprint density at radius 1 is 0.879 bits per heavy atom. The van der Waals surface area contributed by atoms with Crippen molar-refractivity contribution in [3.8, 4) is 0 Å². The minimum atomic E-state index is -0.00823. The van der Waals surface area contributed by atoms with Gasteiger partial charge in [0.2, 0.25) is 5.91 Å². The van der Waals surface area contributed by atoms with Crippen LogP contribution in [-0.4, -0.2) is 33.4 Å². The van der Waals surface area contributed by atoms with Crippen molar-refractivity contribution in [2.75, 3.05) is 13.1 Å². The molecule has 0 N–H and O–H groups in total. The maximum absolute atomic E-state index is 13.0. The van der Waals surface area contributed by atoms with E-state index in [1.807, 2.05) is 24.3 Å². The maximum Gasteiger partial charge on any atom is 0.222 e. The van der Waals surface area contributed by atoms with E-state index < -0.39 is 0 Å². The summed E-state index contributed by atoms with van der Waals surface area (Å²) in [6.45, 7) is 4.58. The molecule has 1 fully saturated rings. The lowest BCUT2D eigenvalue weighted by Gasteiger charge is -2.43. The first-order valence-corrected chi connectivity index (χ1v) is 11.9. The number of imidazole rings is 1. The number of nitrogens with zero attached hydrogens (tertiary/aromatic N) is 3. The van der Waals surface area contributed by atoms with Crippen LogP contribution in [0.2, 0.25) is 0 Å². The minimum absolute atomic E-state index is 0.00823. The van der Waals surface area contributed by atoms with Crippen molar-refractivity contribution in [1.29, 1.82) is 0 Å². The number of para-hydroxylation sites is 2. The summed E-state index contributed by atoms with van der Waals surface area (Å²) in [6.07, 6.45) is 3.30. The second-order valence-electron chi connectivity index (χ2n) is 9.25. The van der Waals surface area contributed by atoms with Gasteiger partial charge >= 0.3 is 0 Å². The Hall–Kier alpha value is -3.40. The quantitative estimate of drug-likeness (QED) is 0.397. The highest BCUT2D eigenvalue weighted by Gasteiger charge is 2.38. The van der Waals surface area contributed by atoms with Crippen LogP contribution in [0.3, 0.4) is 0 Å².